The summed E-state index contributed by atoms with van der Waals surface area (Å²) in [5, 5.41) is 7.65. The van der Waals surface area contributed by atoms with Gasteiger partial charge >= 0.3 is 0 Å². The Kier molecular flexibility index (Phi) is 5.17. The highest BCUT2D eigenvalue weighted by Crippen LogP contribution is 2.42. The Labute approximate surface area is 199 Å². The van der Waals surface area contributed by atoms with Crippen LogP contribution in [0.4, 0.5) is 17.5 Å². The fourth-order valence-corrected chi connectivity index (χ4v) is 5.99. The molecule has 3 aromatic rings. The van der Waals surface area contributed by atoms with E-state index >= 15 is 0 Å². The zero-order chi connectivity index (χ0) is 23.3. The van der Waals surface area contributed by atoms with Gasteiger partial charge in [0.1, 0.15) is 17.2 Å². The van der Waals surface area contributed by atoms with Gasteiger partial charge in [-0.15, -0.1) is 0 Å². The summed E-state index contributed by atoms with van der Waals surface area (Å²) in [6.45, 7) is 5.88. The summed E-state index contributed by atoms with van der Waals surface area (Å²) >= 11 is 0. The SMILES string of the molecule is C[C@@H]1CN(c2ccc(Nc3ncc4cc5n(c4n3)C3(CCCCC3)CN(C)C5=O)nc2)CCN1. The average Bonchev–Trinajstić information content (AvgIpc) is 3.24. The molecule has 2 N–H and O–H groups in total. The number of amides is 1. The Morgan fingerprint density at radius 2 is 2.00 bits per heavy atom. The van der Waals surface area contributed by atoms with Gasteiger partial charge in [-0.2, -0.15) is 4.98 Å². The van der Waals surface area contributed by atoms with Crippen LogP contribution >= 0.6 is 0 Å². The lowest BCUT2D eigenvalue weighted by atomic mass is 9.79. The van der Waals surface area contributed by atoms with Gasteiger partial charge in [-0.1, -0.05) is 19.3 Å². The van der Waals surface area contributed by atoms with Crippen molar-refractivity contribution in [1.82, 2.24) is 29.7 Å². The fraction of sp³-hybridized carbons (Fsp3) is 0.520. The van der Waals surface area contributed by atoms with Crippen LogP contribution in [0, 0.1) is 0 Å². The first kappa shape index (κ1) is 21.3. The van der Waals surface area contributed by atoms with E-state index in [2.05, 4.69) is 43.1 Å². The van der Waals surface area contributed by atoms with Crippen molar-refractivity contribution in [3.63, 3.8) is 0 Å². The first-order valence-electron chi connectivity index (χ1n) is 12.4. The van der Waals surface area contributed by atoms with E-state index in [-0.39, 0.29) is 11.4 Å². The van der Waals surface area contributed by atoms with Crippen LogP contribution < -0.4 is 15.5 Å². The number of rotatable bonds is 3. The van der Waals surface area contributed by atoms with Crippen LogP contribution in [0.3, 0.4) is 0 Å². The molecule has 34 heavy (non-hydrogen) atoms. The second-order valence-electron chi connectivity index (χ2n) is 10.1. The highest BCUT2D eigenvalue weighted by molar-refractivity contribution is 5.99. The van der Waals surface area contributed by atoms with E-state index in [1.165, 1.54) is 19.3 Å². The number of fused-ring (bicyclic) bond motifs is 4. The molecule has 0 aromatic carbocycles. The zero-order valence-corrected chi connectivity index (χ0v) is 19.9. The normalized spacial score (nSPS) is 22.3. The van der Waals surface area contributed by atoms with Crippen molar-refractivity contribution in [3.05, 3.63) is 36.3 Å². The third-order valence-corrected chi connectivity index (χ3v) is 7.62. The Bertz CT molecular complexity index is 1210. The Balaban J connectivity index is 1.31. The molecular weight excluding hydrogens is 428 g/mol. The maximum Gasteiger partial charge on any atom is 0.270 e. The first-order valence-corrected chi connectivity index (χ1v) is 12.4. The lowest BCUT2D eigenvalue weighted by molar-refractivity contribution is 0.0543. The van der Waals surface area contributed by atoms with Gasteiger partial charge < -0.3 is 25.0 Å². The summed E-state index contributed by atoms with van der Waals surface area (Å²) in [4.78, 5) is 31.2. The minimum Gasteiger partial charge on any atom is -0.367 e. The molecule has 1 spiro atoms. The van der Waals surface area contributed by atoms with Crippen LogP contribution in [-0.4, -0.2) is 69.6 Å². The summed E-state index contributed by atoms with van der Waals surface area (Å²) in [6.07, 6.45) is 9.48. The summed E-state index contributed by atoms with van der Waals surface area (Å²) < 4.78 is 2.22. The van der Waals surface area contributed by atoms with Gasteiger partial charge in [0, 0.05) is 50.9 Å². The molecule has 9 nitrogen and oxygen atoms in total. The number of hydrogen-bond acceptors (Lipinski definition) is 7. The Morgan fingerprint density at radius 1 is 1.15 bits per heavy atom. The number of carbonyl (C=O) groups is 1. The van der Waals surface area contributed by atoms with Crippen molar-refractivity contribution >= 4 is 34.4 Å². The van der Waals surface area contributed by atoms with Crippen molar-refractivity contribution in [1.29, 1.82) is 0 Å². The van der Waals surface area contributed by atoms with E-state index in [9.17, 15) is 4.79 Å². The number of likely N-dealkylation sites (N-methyl/N-ethyl adjacent to an activating group) is 1. The molecule has 1 amide bonds. The van der Waals surface area contributed by atoms with Crippen molar-refractivity contribution in [2.45, 2.75) is 50.6 Å². The fourth-order valence-electron chi connectivity index (χ4n) is 5.99. The maximum atomic E-state index is 13.0. The molecule has 1 atom stereocenters. The Hall–Kier alpha value is -3.20. The summed E-state index contributed by atoms with van der Waals surface area (Å²) in [5.41, 5.74) is 2.61. The molecule has 2 aliphatic heterocycles. The highest BCUT2D eigenvalue weighted by Gasteiger charge is 2.43. The molecule has 9 heteroatoms. The van der Waals surface area contributed by atoms with Gasteiger partial charge in [0.15, 0.2) is 0 Å². The molecule has 0 radical (unpaired) electrons. The lowest BCUT2D eigenvalue weighted by Crippen LogP contribution is -2.53. The van der Waals surface area contributed by atoms with Gasteiger partial charge in [-0.25, -0.2) is 9.97 Å². The number of nitrogens with zero attached hydrogens (tertiary/aromatic N) is 6. The zero-order valence-electron chi connectivity index (χ0n) is 19.9. The van der Waals surface area contributed by atoms with Crippen LogP contribution in [0.1, 0.15) is 49.5 Å². The van der Waals surface area contributed by atoms with Gasteiger partial charge in [0.25, 0.3) is 5.91 Å². The van der Waals surface area contributed by atoms with Crippen molar-refractivity contribution in [2.75, 3.05) is 43.4 Å². The van der Waals surface area contributed by atoms with E-state index in [0.717, 1.165) is 61.4 Å². The first-order chi connectivity index (χ1) is 16.5. The van der Waals surface area contributed by atoms with Crippen molar-refractivity contribution in [2.24, 2.45) is 0 Å². The molecule has 0 bridgehead atoms. The molecule has 3 aromatic heterocycles. The third kappa shape index (κ3) is 3.58. The molecule has 3 aliphatic rings. The van der Waals surface area contributed by atoms with Crippen LogP contribution in [0.25, 0.3) is 11.0 Å². The highest BCUT2D eigenvalue weighted by atomic mass is 16.2. The summed E-state index contributed by atoms with van der Waals surface area (Å²) in [5.74, 6) is 1.27. The van der Waals surface area contributed by atoms with Gasteiger partial charge in [-0.05, 0) is 38.0 Å². The number of piperazine rings is 1. The average molecular weight is 461 g/mol. The molecule has 0 unspecified atom stereocenters. The summed E-state index contributed by atoms with van der Waals surface area (Å²) in [6, 6.07) is 6.49. The molecule has 6 rings (SSSR count). The van der Waals surface area contributed by atoms with Gasteiger partial charge in [0.2, 0.25) is 5.95 Å². The Morgan fingerprint density at radius 3 is 2.76 bits per heavy atom. The number of hydrogen-bond donors (Lipinski definition) is 2. The second kappa shape index (κ2) is 8.23. The molecule has 2 fully saturated rings. The van der Waals surface area contributed by atoms with Crippen LogP contribution in [0.15, 0.2) is 30.6 Å². The number of aromatic nitrogens is 4. The minimum absolute atomic E-state index is 0.0585. The van der Waals surface area contributed by atoms with E-state index in [1.54, 1.807) is 0 Å². The van der Waals surface area contributed by atoms with Crippen molar-refractivity contribution < 1.29 is 4.79 Å². The molecule has 1 aliphatic carbocycles. The second-order valence-corrected chi connectivity index (χ2v) is 10.1. The largest absolute Gasteiger partial charge is 0.367 e. The van der Waals surface area contributed by atoms with Gasteiger partial charge in [0.05, 0.1) is 17.4 Å². The predicted octanol–water partition coefficient (Wildman–Crippen LogP) is 3.11. The molecule has 178 valence electrons. The third-order valence-electron chi connectivity index (χ3n) is 7.62. The maximum absolute atomic E-state index is 13.0. The number of nitrogens with one attached hydrogen (secondary N) is 2. The molecule has 5 heterocycles. The number of carbonyl (C=O) groups excluding carboxylic acids is 1. The topological polar surface area (TPSA) is 91.2 Å². The molecular formula is C25H32N8O. The monoisotopic (exact) mass is 460 g/mol. The van der Waals surface area contributed by atoms with Crippen LogP contribution in [-0.2, 0) is 5.54 Å². The van der Waals surface area contributed by atoms with E-state index in [0.29, 0.717) is 17.8 Å². The van der Waals surface area contributed by atoms with E-state index < -0.39 is 0 Å². The molecule has 1 saturated heterocycles. The lowest BCUT2D eigenvalue weighted by Gasteiger charge is -2.45. The standard InChI is InChI=1S/C25H32N8O/c1-17-15-32(11-10-26-17)19-6-7-21(27-14-19)29-24-28-13-18-12-20-23(34)31(2)16-25(8-4-3-5-9-25)33(20)22(18)30-24/h6-7,12-14,17,26H,3-5,8-11,15-16H2,1-2H3,(H,27,28,29,30)/t17-/m1/s1. The van der Waals surface area contributed by atoms with Crippen molar-refractivity contribution in [3.8, 4) is 0 Å². The number of anilines is 3. The van der Waals surface area contributed by atoms with Crippen LogP contribution in [0.5, 0.6) is 0 Å². The minimum atomic E-state index is -0.0794. The van der Waals surface area contributed by atoms with E-state index in [1.807, 2.05) is 36.5 Å². The summed E-state index contributed by atoms with van der Waals surface area (Å²) in [7, 11) is 1.91. The number of pyridine rings is 1. The smallest absolute Gasteiger partial charge is 0.270 e. The van der Waals surface area contributed by atoms with E-state index in [4.69, 9.17) is 4.98 Å². The molecule has 1 saturated carbocycles. The predicted molar refractivity (Wildman–Crippen MR) is 133 cm³/mol. The van der Waals surface area contributed by atoms with Crippen LogP contribution in [0.2, 0.25) is 0 Å². The quantitative estimate of drug-likeness (QED) is 0.621. The van der Waals surface area contributed by atoms with Gasteiger partial charge in [-0.3, -0.25) is 4.79 Å².